The molecular formula is C20H19N3O5. The van der Waals surface area contributed by atoms with Crippen molar-refractivity contribution in [1.82, 2.24) is 15.1 Å². The van der Waals surface area contributed by atoms with Gasteiger partial charge in [0, 0.05) is 13.0 Å². The Kier molecular flexibility index (Phi) is 4.92. The molecule has 0 bridgehead atoms. The SMILES string of the molecule is C[C@@H](c1ccccc1)N1C[C@@H](C(=O)OCc2nnc(-c3ccco3)o2)CC1=O. The van der Waals surface area contributed by atoms with Crippen LogP contribution >= 0.6 is 0 Å². The zero-order chi connectivity index (χ0) is 19.5. The van der Waals surface area contributed by atoms with Gasteiger partial charge in [-0.2, -0.15) is 0 Å². The maximum Gasteiger partial charge on any atom is 0.311 e. The van der Waals surface area contributed by atoms with Crippen LogP contribution in [0.1, 0.15) is 30.8 Å². The van der Waals surface area contributed by atoms with Crippen molar-refractivity contribution in [3.05, 3.63) is 60.2 Å². The van der Waals surface area contributed by atoms with Gasteiger partial charge in [-0.1, -0.05) is 30.3 Å². The van der Waals surface area contributed by atoms with Crippen LogP contribution in [0.5, 0.6) is 0 Å². The highest BCUT2D eigenvalue weighted by atomic mass is 16.5. The van der Waals surface area contributed by atoms with Crippen molar-refractivity contribution in [3.8, 4) is 11.7 Å². The fourth-order valence-electron chi connectivity index (χ4n) is 3.24. The molecule has 2 aromatic heterocycles. The van der Waals surface area contributed by atoms with E-state index in [4.69, 9.17) is 13.6 Å². The zero-order valence-corrected chi connectivity index (χ0v) is 15.3. The second kappa shape index (κ2) is 7.67. The first-order valence-corrected chi connectivity index (χ1v) is 8.99. The van der Waals surface area contributed by atoms with Crippen molar-refractivity contribution in [2.45, 2.75) is 26.0 Å². The van der Waals surface area contributed by atoms with Crippen LogP contribution < -0.4 is 0 Å². The van der Waals surface area contributed by atoms with Gasteiger partial charge < -0.3 is 18.5 Å². The van der Waals surface area contributed by atoms with E-state index >= 15 is 0 Å². The molecule has 1 fully saturated rings. The monoisotopic (exact) mass is 381 g/mol. The lowest BCUT2D eigenvalue weighted by Crippen LogP contribution is -2.29. The van der Waals surface area contributed by atoms with Gasteiger partial charge >= 0.3 is 5.97 Å². The topological polar surface area (TPSA) is 98.7 Å². The number of esters is 1. The van der Waals surface area contributed by atoms with E-state index in [0.717, 1.165) is 5.56 Å². The predicted molar refractivity (Wildman–Crippen MR) is 96.5 cm³/mol. The summed E-state index contributed by atoms with van der Waals surface area (Å²) in [5, 5.41) is 7.69. The second-order valence-electron chi connectivity index (χ2n) is 6.62. The highest BCUT2D eigenvalue weighted by molar-refractivity contribution is 5.87. The van der Waals surface area contributed by atoms with E-state index in [1.165, 1.54) is 6.26 Å². The molecule has 28 heavy (non-hydrogen) atoms. The van der Waals surface area contributed by atoms with Crippen LogP contribution in [-0.2, 0) is 20.9 Å². The first-order chi connectivity index (χ1) is 13.6. The molecule has 1 saturated heterocycles. The molecule has 2 atom stereocenters. The van der Waals surface area contributed by atoms with Crippen molar-refractivity contribution in [2.24, 2.45) is 5.92 Å². The molecule has 144 valence electrons. The first kappa shape index (κ1) is 18.0. The number of amides is 1. The van der Waals surface area contributed by atoms with Gasteiger partial charge in [-0.05, 0) is 24.6 Å². The van der Waals surface area contributed by atoms with E-state index in [2.05, 4.69) is 10.2 Å². The zero-order valence-electron chi connectivity index (χ0n) is 15.3. The van der Waals surface area contributed by atoms with E-state index in [9.17, 15) is 9.59 Å². The average molecular weight is 381 g/mol. The van der Waals surface area contributed by atoms with Crippen LogP contribution in [0.3, 0.4) is 0 Å². The summed E-state index contributed by atoms with van der Waals surface area (Å²) < 4.78 is 15.9. The number of nitrogens with zero attached hydrogens (tertiary/aromatic N) is 3. The maximum atomic E-state index is 12.4. The number of carbonyl (C=O) groups is 2. The minimum Gasteiger partial charge on any atom is -0.459 e. The summed E-state index contributed by atoms with van der Waals surface area (Å²) in [6.07, 6.45) is 1.63. The Balaban J connectivity index is 1.34. The highest BCUT2D eigenvalue weighted by Gasteiger charge is 2.38. The van der Waals surface area contributed by atoms with Gasteiger partial charge in [-0.25, -0.2) is 0 Å². The first-order valence-electron chi connectivity index (χ1n) is 8.99. The van der Waals surface area contributed by atoms with E-state index in [1.807, 2.05) is 37.3 Å². The summed E-state index contributed by atoms with van der Waals surface area (Å²) in [5.74, 6) is -0.193. The quantitative estimate of drug-likeness (QED) is 0.605. The molecule has 4 rings (SSSR count). The number of ether oxygens (including phenoxy) is 1. The van der Waals surface area contributed by atoms with Crippen LogP contribution in [0, 0.1) is 5.92 Å². The fourth-order valence-corrected chi connectivity index (χ4v) is 3.24. The number of rotatable bonds is 6. The summed E-state index contributed by atoms with van der Waals surface area (Å²) in [6.45, 7) is 2.14. The molecule has 0 N–H and O–H groups in total. The van der Waals surface area contributed by atoms with E-state index < -0.39 is 11.9 Å². The molecule has 3 aromatic rings. The van der Waals surface area contributed by atoms with Gasteiger partial charge in [0.1, 0.15) is 0 Å². The van der Waals surface area contributed by atoms with Crippen LogP contribution in [0.2, 0.25) is 0 Å². The van der Waals surface area contributed by atoms with Gasteiger partial charge in [0.15, 0.2) is 12.4 Å². The Labute approximate surface area is 161 Å². The molecule has 0 radical (unpaired) electrons. The molecule has 1 aromatic carbocycles. The molecule has 8 heteroatoms. The van der Waals surface area contributed by atoms with E-state index in [1.54, 1.807) is 17.0 Å². The Bertz CT molecular complexity index is 951. The van der Waals surface area contributed by atoms with Crippen molar-refractivity contribution >= 4 is 11.9 Å². The number of aromatic nitrogens is 2. The largest absolute Gasteiger partial charge is 0.459 e. The standard InChI is InChI=1S/C20H19N3O5/c1-13(14-6-3-2-4-7-14)23-11-15(10-18(23)24)20(25)27-12-17-21-22-19(28-17)16-8-5-9-26-16/h2-9,13,15H,10-12H2,1H3/t13-,15-/m0/s1. The molecule has 8 nitrogen and oxygen atoms in total. The van der Waals surface area contributed by atoms with Crippen LogP contribution in [-0.4, -0.2) is 33.5 Å². The van der Waals surface area contributed by atoms with Crippen molar-refractivity contribution in [2.75, 3.05) is 6.54 Å². The molecule has 1 amide bonds. The Hall–Kier alpha value is -3.42. The number of furan rings is 1. The van der Waals surface area contributed by atoms with E-state index in [0.29, 0.717) is 12.3 Å². The second-order valence-corrected chi connectivity index (χ2v) is 6.62. The summed E-state index contributed by atoms with van der Waals surface area (Å²) in [5.41, 5.74) is 1.03. The lowest BCUT2D eigenvalue weighted by Gasteiger charge is -2.25. The number of hydrogen-bond acceptors (Lipinski definition) is 7. The number of benzene rings is 1. The molecule has 0 spiro atoms. The third-order valence-corrected chi connectivity index (χ3v) is 4.78. The molecule has 1 aliphatic rings. The summed E-state index contributed by atoms with van der Waals surface area (Å²) in [4.78, 5) is 26.5. The van der Waals surface area contributed by atoms with Gasteiger partial charge in [-0.15, -0.1) is 10.2 Å². The average Bonchev–Trinajstić information content (AvgIpc) is 3.46. The predicted octanol–water partition coefficient (Wildman–Crippen LogP) is 2.98. The summed E-state index contributed by atoms with van der Waals surface area (Å²) >= 11 is 0. The highest BCUT2D eigenvalue weighted by Crippen LogP contribution is 2.29. The van der Waals surface area contributed by atoms with E-state index in [-0.39, 0.29) is 36.8 Å². The Morgan fingerprint density at radius 1 is 1.25 bits per heavy atom. The maximum absolute atomic E-state index is 12.4. The van der Waals surface area contributed by atoms with Crippen LogP contribution in [0.4, 0.5) is 0 Å². The third kappa shape index (κ3) is 3.66. The number of hydrogen-bond donors (Lipinski definition) is 0. The number of likely N-dealkylation sites (tertiary alicyclic amines) is 1. The van der Waals surface area contributed by atoms with Crippen LogP contribution in [0.15, 0.2) is 57.6 Å². The summed E-state index contributed by atoms with van der Waals surface area (Å²) in [6, 6.07) is 13.0. The van der Waals surface area contributed by atoms with Gasteiger partial charge in [-0.3, -0.25) is 9.59 Å². The molecular weight excluding hydrogens is 362 g/mol. The lowest BCUT2D eigenvalue weighted by atomic mass is 10.1. The van der Waals surface area contributed by atoms with Gasteiger partial charge in [0.2, 0.25) is 5.91 Å². The third-order valence-electron chi connectivity index (χ3n) is 4.78. The minimum atomic E-state index is -0.508. The Morgan fingerprint density at radius 3 is 2.82 bits per heavy atom. The number of carbonyl (C=O) groups excluding carboxylic acids is 2. The lowest BCUT2D eigenvalue weighted by molar-refractivity contribution is -0.150. The minimum absolute atomic E-state index is 0.0591. The van der Waals surface area contributed by atoms with Gasteiger partial charge in [0.25, 0.3) is 11.8 Å². The molecule has 0 aliphatic carbocycles. The summed E-state index contributed by atoms with van der Waals surface area (Å²) in [7, 11) is 0. The Morgan fingerprint density at radius 2 is 2.07 bits per heavy atom. The normalized spacial score (nSPS) is 17.7. The van der Waals surface area contributed by atoms with Crippen molar-refractivity contribution < 1.29 is 23.2 Å². The van der Waals surface area contributed by atoms with Crippen molar-refractivity contribution in [1.29, 1.82) is 0 Å². The van der Waals surface area contributed by atoms with Crippen molar-refractivity contribution in [3.63, 3.8) is 0 Å². The molecule has 3 heterocycles. The molecule has 1 aliphatic heterocycles. The molecule has 0 saturated carbocycles. The fraction of sp³-hybridized carbons (Fsp3) is 0.300. The van der Waals surface area contributed by atoms with Gasteiger partial charge in [0.05, 0.1) is 18.2 Å². The van der Waals surface area contributed by atoms with Crippen LogP contribution in [0.25, 0.3) is 11.7 Å². The smallest absolute Gasteiger partial charge is 0.311 e. The molecule has 0 unspecified atom stereocenters.